The summed E-state index contributed by atoms with van der Waals surface area (Å²) in [6.07, 6.45) is 3.82. The molecule has 1 heterocycles. The highest BCUT2D eigenvalue weighted by Gasteiger charge is 2.48. The van der Waals surface area contributed by atoms with Gasteiger partial charge in [-0.15, -0.1) is 0 Å². The first-order chi connectivity index (χ1) is 15.3. The van der Waals surface area contributed by atoms with E-state index in [2.05, 4.69) is 5.32 Å². The zero-order chi connectivity index (χ0) is 23.0. The number of dihydropyridines is 1. The fraction of sp³-hybridized carbons (Fsp3) is 0.480. The van der Waals surface area contributed by atoms with Crippen LogP contribution in [0, 0.1) is 17.7 Å². The van der Waals surface area contributed by atoms with Crippen molar-refractivity contribution in [2.24, 2.45) is 11.8 Å². The van der Waals surface area contributed by atoms with Gasteiger partial charge in [-0.1, -0.05) is 25.1 Å². The van der Waals surface area contributed by atoms with Crippen LogP contribution in [0.2, 0.25) is 0 Å². The van der Waals surface area contributed by atoms with Crippen molar-refractivity contribution in [1.29, 1.82) is 0 Å². The van der Waals surface area contributed by atoms with Crippen molar-refractivity contribution >= 4 is 17.7 Å². The predicted molar refractivity (Wildman–Crippen MR) is 115 cm³/mol. The molecule has 1 N–H and O–H groups in total. The number of rotatable bonds is 4. The highest BCUT2D eigenvalue weighted by Crippen LogP contribution is 2.46. The third-order valence-electron chi connectivity index (χ3n) is 6.76. The van der Waals surface area contributed by atoms with E-state index in [1.807, 2.05) is 6.92 Å². The molecule has 6 nitrogen and oxygen atoms in total. The normalized spacial score (nSPS) is 26.0. The second kappa shape index (κ2) is 8.88. The van der Waals surface area contributed by atoms with E-state index in [0.717, 1.165) is 25.7 Å². The molecule has 0 unspecified atom stereocenters. The summed E-state index contributed by atoms with van der Waals surface area (Å²) in [7, 11) is 1.24. The van der Waals surface area contributed by atoms with Gasteiger partial charge in [-0.25, -0.2) is 9.18 Å². The highest BCUT2D eigenvalue weighted by atomic mass is 19.1. The number of halogens is 1. The molecular weight excluding hydrogens is 413 g/mol. The van der Waals surface area contributed by atoms with Crippen LogP contribution < -0.4 is 5.32 Å². The number of carbonyl (C=O) groups is 3. The quantitative estimate of drug-likeness (QED) is 0.563. The number of hydrogen-bond acceptors (Lipinski definition) is 6. The van der Waals surface area contributed by atoms with Gasteiger partial charge in [-0.05, 0) is 51.0 Å². The van der Waals surface area contributed by atoms with Gasteiger partial charge in [0.2, 0.25) is 0 Å². The highest BCUT2D eigenvalue weighted by molar-refractivity contribution is 6.12. The number of ether oxygens (including phenoxy) is 2. The molecule has 3 aliphatic rings. The first-order valence-corrected chi connectivity index (χ1v) is 11.1. The number of ketones is 1. The lowest BCUT2D eigenvalue weighted by molar-refractivity contribution is -0.151. The molecule has 0 spiro atoms. The summed E-state index contributed by atoms with van der Waals surface area (Å²) >= 11 is 0. The smallest absolute Gasteiger partial charge is 0.337 e. The summed E-state index contributed by atoms with van der Waals surface area (Å²) in [5, 5.41) is 3.19. The molecule has 4 rings (SSSR count). The van der Waals surface area contributed by atoms with Crippen LogP contribution in [0.1, 0.15) is 57.4 Å². The molecule has 0 amide bonds. The average Bonchev–Trinajstić information content (AvgIpc) is 3.25. The van der Waals surface area contributed by atoms with Gasteiger partial charge in [0, 0.05) is 22.5 Å². The van der Waals surface area contributed by atoms with Crippen molar-refractivity contribution in [1.82, 2.24) is 5.32 Å². The van der Waals surface area contributed by atoms with E-state index in [-0.39, 0.29) is 28.7 Å². The molecule has 0 radical (unpaired) electrons. The molecule has 0 bridgehead atoms. The lowest BCUT2D eigenvalue weighted by atomic mass is 9.69. The predicted octanol–water partition coefficient (Wildman–Crippen LogP) is 3.92. The maximum Gasteiger partial charge on any atom is 0.337 e. The van der Waals surface area contributed by atoms with E-state index in [4.69, 9.17) is 9.47 Å². The summed E-state index contributed by atoms with van der Waals surface area (Å²) in [4.78, 5) is 39.3. The Morgan fingerprint density at radius 1 is 1.16 bits per heavy atom. The second-order valence-electron chi connectivity index (χ2n) is 8.87. The van der Waals surface area contributed by atoms with E-state index in [1.54, 1.807) is 25.1 Å². The Morgan fingerprint density at radius 2 is 1.84 bits per heavy atom. The number of allylic oxidation sites excluding steroid dienone is 3. The summed E-state index contributed by atoms with van der Waals surface area (Å²) in [6.45, 7) is 3.55. The minimum absolute atomic E-state index is 0.177. The van der Waals surface area contributed by atoms with Crippen molar-refractivity contribution in [3.05, 3.63) is 58.2 Å². The van der Waals surface area contributed by atoms with E-state index in [0.29, 0.717) is 17.8 Å². The van der Waals surface area contributed by atoms with E-state index in [1.165, 1.54) is 13.2 Å². The summed E-state index contributed by atoms with van der Waals surface area (Å²) in [6, 6.07) is 6.11. The lowest BCUT2D eigenvalue weighted by Crippen LogP contribution is -2.43. The van der Waals surface area contributed by atoms with E-state index in [9.17, 15) is 14.4 Å². The van der Waals surface area contributed by atoms with Gasteiger partial charge < -0.3 is 14.8 Å². The average molecular weight is 441 g/mol. The molecule has 1 fully saturated rings. The maximum absolute atomic E-state index is 15.0. The first kappa shape index (κ1) is 22.2. The molecule has 32 heavy (non-hydrogen) atoms. The molecule has 1 aliphatic heterocycles. The Labute approximate surface area is 186 Å². The molecule has 0 saturated heterocycles. The van der Waals surface area contributed by atoms with E-state index >= 15 is 4.39 Å². The van der Waals surface area contributed by atoms with Gasteiger partial charge in [-0.3, -0.25) is 9.59 Å². The number of nitrogens with one attached hydrogen (secondary N) is 1. The molecule has 7 heteroatoms. The monoisotopic (exact) mass is 441 g/mol. The van der Waals surface area contributed by atoms with Crippen molar-refractivity contribution in [3.63, 3.8) is 0 Å². The fourth-order valence-electron chi connectivity index (χ4n) is 5.19. The molecule has 2 aliphatic carbocycles. The third-order valence-corrected chi connectivity index (χ3v) is 6.76. The zero-order valence-electron chi connectivity index (χ0n) is 18.6. The van der Waals surface area contributed by atoms with Crippen molar-refractivity contribution < 1.29 is 28.2 Å². The molecule has 1 aromatic carbocycles. The van der Waals surface area contributed by atoms with Gasteiger partial charge >= 0.3 is 11.9 Å². The van der Waals surface area contributed by atoms with Crippen LogP contribution in [0.15, 0.2) is 46.8 Å². The molecule has 3 atom stereocenters. The van der Waals surface area contributed by atoms with E-state index < -0.39 is 35.4 Å². The van der Waals surface area contributed by atoms with Crippen LogP contribution in [0.25, 0.3) is 0 Å². The van der Waals surface area contributed by atoms with Crippen molar-refractivity contribution in [2.75, 3.05) is 7.11 Å². The van der Waals surface area contributed by atoms with Crippen LogP contribution in [0.5, 0.6) is 0 Å². The fourth-order valence-corrected chi connectivity index (χ4v) is 5.19. The van der Waals surface area contributed by atoms with Gasteiger partial charge in [-0.2, -0.15) is 0 Å². The van der Waals surface area contributed by atoms with Crippen LogP contribution in [0.3, 0.4) is 0 Å². The number of esters is 2. The Morgan fingerprint density at radius 3 is 2.50 bits per heavy atom. The van der Waals surface area contributed by atoms with Crippen LogP contribution in [0.4, 0.5) is 4.39 Å². The van der Waals surface area contributed by atoms with Crippen LogP contribution >= 0.6 is 0 Å². The summed E-state index contributed by atoms with van der Waals surface area (Å²) in [5.41, 5.74) is 1.83. The zero-order valence-corrected chi connectivity index (χ0v) is 18.6. The maximum atomic E-state index is 15.0. The summed E-state index contributed by atoms with van der Waals surface area (Å²) < 4.78 is 25.6. The van der Waals surface area contributed by atoms with Gasteiger partial charge in [0.15, 0.2) is 5.78 Å². The number of methoxy groups -OCH3 is 1. The lowest BCUT2D eigenvalue weighted by Gasteiger charge is -2.38. The van der Waals surface area contributed by atoms with Crippen molar-refractivity contribution in [2.45, 2.75) is 58.0 Å². The number of hydrogen-bond donors (Lipinski definition) is 1. The third kappa shape index (κ3) is 3.85. The largest absolute Gasteiger partial charge is 0.468 e. The molecule has 170 valence electrons. The minimum atomic E-state index is -1.000. The van der Waals surface area contributed by atoms with Gasteiger partial charge in [0.05, 0.1) is 18.6 Å². The SMILES string of the molecule is COC(=O)[C@@H]1C(=O)C2=C(C[C@@H]1C)NC(C)=C(C(=O)OC1CCCC1)[C@@H]2c1ccccc1F. The van der Waals surface area contributed by atoms with Gasteiger partial charge in [0.25, 0.3) is 0 Å². The number of benzene rings is 1. The van der Waals surface area contributed by atoms with Crippen LogP contribution in [-0.2, 0) is 23.9 Å². The Kier molecular flexibility index (Phi) is 6.17. The standard InChI is InChI=1S/C25H28FNO5/c1-13-12-18-22(23(28)19(13)24(29)31-3)21(16-10-6-7-11-17(16)26)20(14(2)27-18)25(30)32-15-8-4-5-9-15/h6-7,10-11,13,15,19,21,27H,4-5,8-9,12H2,1-3H3/t13-,19-,21-/m0/s1. The molecule has 1 saturated carbocycles. The number of Topliss-reactive ketones (excluding diaryl/α,β-unsaturated/α-hetero) is 1. The first-order valence-electron chi connectivity index (χ1n) is 11.1. The van der Waals surface area contributed by atoms with Crippen molar-refractivity contribution in [3.8, 4) is 0 Å². The number of carbonyl (C=O) groups excluding carboxylic acids is 3. The van der Waals surface area contributed by atoms with Crippen LogP contribution in [-0.4, -0.2) is 30.9 Å². The Bertz CT molecular complexity index is 1020. The Hall–Kier alpha value is -2.96. The topological polar surface area (TPSA) is 81.7 Å². The second-order valence-corrected chi connectivity index (χ2v) is 8.87. The Balaban J connectivity index is 1.82. The van der Waals surface area contributed by atoms with Gasteiger partial charge in [0.1, 0.15) is 17.8 Å². The summed E-state index contributed by atoms with van der Waals surface area (Å²) in [5.74, 6) is -4.38. The molecular formula is C25H28FNO5. The minimum Gasteiger partial charge on any atom is -0.468 e. The molecule has 1 aromatic rings. The molecule has 0 aromatic heterocycles.